The van der Waals surface area contributed by atoms with Gasteiger partial charge in [-0.25, -0.2) is 9.37 Å². The van der Waals surface area contributed by atoms with Crippen LogP contribution in [-0.4, -0.2) is 42.1 Å². The summed E-state index contributed by atoms with van der Waals surface area (Å²) in [5.74, 6) is -0.625. The summed E-state index contributed by atoms with van der Waals surface area (Å²) < 4.78 is 20.5. The number of hydrogen-bond acceptors (Lipinski definition) is 5. The molecule has 2 aromatic carbocycles. The zero-order valence-corrected chi connectivity index (χ0v) is 25.1. The number of hydrogen-bond donors (Lipinski definition) is 1. The molecule has 0 saturated carbocycles. The first kappa shape index (κ1) is 29.3. The van der Waals surface area contributed by atoms with Crippen molar-refractivity contribution in [3.63, 3.8) is 0 Å². The molecular weight excluding hydrogens is 585 g/mol. The lowest BCUT2D eigenvalue weighted by Crippen LogP contribution is -2.31. The molecule has 1 aromatic heterocycles. The molecule has 0 bridgehead atoms. The van der Waals surface area contributed by atoms with E-state index in [0.717, 1.165) is 52.7 Å². The molecule has 9 heteroatoms. The zero-order valence-electron chi connectivity index (χ0n) is 22.7. The lowest BCUT2D eigenvalue weighted by atomic mass is 9.93. The van der Waals surface area contributed by atoms with Gasteiger partial charge in [-0.05, 0) is 88.9 Å². The van der Waals surface area contributed by atoms with Gasteiger partial charge in [0.25, 0.3) is 5.91 Å². The molecule has 1 aliphatic heterocycles. The van der Waals surface area contributed by atoms with Gasteiger partial charge in [-0.2, -0.15) is 0 Å². The lowest BCUT2D eigenvalue weighted by molar-refractivity contribution is -0.155. The summed E-state index contributed by atoms with van der Waals surface area (Å²) in [6.45, 7) is 9.33. The van der Waals surface area contributed by atoms with Crippen LogP contribution in [0.3, 0.4) is 0 Å². The third-order valence-corrected chi connectivity index (χ3v) is 7.66. The molecule has 1 unspecified atom stereocenters. The molecule has 1 aliphatic rings. The van der Waals surface area contributed by atoms with Crippen molar-refractivity contribution in [3.8, 4) is 0 Å². The van der Waals surface area contributed by atoms with Crippen molar-refractivity contribution in [2.45, 2.75) is 64.9 Å². The first-order chi connectivity index (χ1) is 18.4. The van der Waals surface area contributed by atoms with Crippen LogP contribution < -0.4 is 10.2 Å². The number of esters is 1. The van der Waals surface area contributed by atoms with Crippen molar-refractivity contribution in [1.82, 2.24) is 10.3 Å². The van der Waals surface area contributed by atoms with E-state index in [2.05, 4.69) is 26.1 Å². The number of pyridine rings is 1. The van der Waals surface area contributed by atoms with Crippen molar-refractivity contribution in [2.75, 3.05) is 24.5 Å². The van der Waals surface area contributed by atoms with Gasteiger partial charge in [0.2, 0.25) is 0 Å². The average Bonchev–Trinajstić information content (AvgIpc) is 3.39. The number of ether oxygens (including phenoxy) is 1. The Morgan fingerprint density at radius 1 is 1.18 bits per heavy atom. The van der Waals surface area contributed by atoms with E-state index >= 15 is 0 Å². The highest BCUT2D eigenvalue weighted by Gasteiger charge is 2.25. The number of amides is 1. The van der Waals surface area contributed by atoms with Crippen LogP contribution in [0.15, 0.2) is 40.9 Å². The summed E-state index contributed by atoms with van der Waals surface area (Å²) in [6.07, 6.45) is 2.62. The van der Waals surface area contributed by atoms with Crippen LogP contribution in [-0.2, 0) is 9.53 Å². The monoisotopic (exact) mass is 617 g/mol. The Morgan fingerprint density at radius 3 is 2.59 bits per heavy atom. The molecular formula is C30H34BrClFN3O3. The van der Waals surface area contributed by atoms with Crippen LogP contribution in [0.5, 0.6) is 0 Å². The molecule has 39 heavy (non-hydrogen) atoms. The lowest BCUT2D eigenvalue weighted by Gasteiger charge is -2.24. The summed E-state index contributed by atoms with van der Waals surface area (Å²) in [5.41, 5.74) is 2.04. The highest BCUT2D eigenvalue weighted by molar-refractivity contribution is 9.10. The summed E-state index contributed by atoms with van der Waals surface area (Å²) in [5, 5.41) is 4.18. The normalized spacial score (nSPS) is 14.5. The quantitative estimate of drug-likeness (QED) is 0.268. The van der Waals surface area contributed by atoms with Crippen molar-refractivity contribution in [1.29, 1.82) is 0 Å². The van der Waals surface area contributed by atoms with Crippen LogP contribution in [0.1, 0.15) is 73.9 Å². The fourth-order valence-electron chi connectivity index (χ4n) is 5.03. The first-order valence-corrected chi connectivity index (χ1v) is 14.4. The molecule has 1 amide bonds. The Bertz CT molecular complexity index is 1390. The maximum atomic E-state index is 14.2. The van der Waals surface area contributed by atoms with Gasteiger partial charge >= 0.3 is 5.97 Å². The number of rotatable bonds is 8. The Balaban J connectivity index is 1.63. The molecule has 6 nitrogen and oxygen atoms in total. The fourth-order valence-corrected chi connectivity index (χ4v) is 5.66. The third-order valence-electron chi connectivity index (χ3n) is 6.82. The van der Waals surface area contributed by atoms with E-state index in [9.17, 15) is 14.0 Å². The Morgan fingerprint density at radius 2 is 1.90 bits per heavy atom. The molecule has 1 atom stereocenters. The molecule has 0 aliphatic carbocycles. The minimum Gasteiger partial charge on any atom is -0.460 e. The van der Waals surface area contributed by atoms with Gasteiger partial charge in [0.15, 0.2) is 0 Å². The molecule has 4 rings (SSSR count). The van der Waals surface area contributed by atoms with E-state index in [-0.39, 0.29) is 24.8 Å². The second-order valence-corrected chi connectivity index (χ2v) is 12.3. The third kappa shape index (κ3) is 7.28. The van der Waals surface area contributed by atoms with Gasteiger partial charge in [-0.15, -0.1) is 0 Å². The number of anilines is 1. The minimum absolute atomic E-state index is 0.105. The number of fused-ring (bicyclic) bond motifs is 1. The van der Waals surface area contributed by atoms with Crippen LogP contribution in [0.25, 0.3) is 10.9 Å². The van der Waals surface area contributed by atoms with Crippen LogP contribution in [0.4, 0.5) is 10.2 Å². The van der Waals surface area contributed by atoms with Gasteiger partial charge in [0.05, 0.1) is 11.1 Å². The molecule has 1 fully saturated rings. The average molecular weight is 619 g/mol. The van der Waals surface area contributed by atoms with Crippen molar-refractivity contribution in [2.24, 2.45) is 0 Å². The zero-order chi connectivity index (χ0) is 28.3. The predicted molar refractivity (Wildman–Crippen MR) is 157 cm³/mol. The van der Waals surface area contributed by atoms with Gasteiger partial charge in [0, 0.05) is 52.4 Å². The molecule has 208 valence electrons. The summed E-state index contributed by atoms with van der Waals surface area (Å²) in [6, 6.07) is 9.88. The van der Waals surface area contributed by atoms with Crippen LogP contribution in [0.2, 0.25) is 5.02 Å². The number of halogens is 3. The van der Waals surface area contributed by atoms with Gasteiger partial charge in [-0.1, -0.05) is 27.5 Å². The second-order valence-electron chi connectivity index (χ2n) is 11.0. The molecule has 0 spiro atoms. The van der Waals surface area contributed by atoms with Crippen molar-refractivity contribution in [3.05, 3.63) is 68.4 Å². The largest absolute Gasteiger partial charge is 0.460 e. The van der Waals surface area contributed by atoms with E-state index in [1.54, 1.807) is 0 Å². The fraction of sp³-hybridized carbons (Fsp3) is 0.433. The van der Waals surface area contributed by atoms with E-state index in [1.807, 2.05) is 45.9 Å². The van der Waals surface area contributed by atoms with E-state index in [4.69, 9.17) is 21.3 Å². The summed E-state index contributed by atoms with van der Waals surface area (Å²) in [4.78, 5) is 33.4. The number of aromatic nitrogens is 1. The van der Waals surface area contributed by atoms with Gasteiger partial charge in [0.1, 0.15) is 17.2 Å². The van der Waals surface area contributed by atoms with Gasteiger partial charge in [-0.3, -0.25) is 9.59 Å². The summed E-state index contributed by atoms with van der Waals surface area (Å²) in [7, 11) is 0. The standard InChI is InChI=1S/C30H34BrClFN3O3/c1-18-27(23-15-20(31)8-11-25(23)35-28(18)36-13-5-6-14-36)29(38)34-17-19(7-12-26(37)39-30(2,3)4)22-16-21(33)9-10-24(22)32/h8-11,15-16,19H,5-7,12-14,17H2,1-4H3,(H,34,38). The number of nitrogens with zero attached hydrogens (tertiary/aromatic N) is 2. The highest BCUT2D eigenvalue weighted by atomic mass is 79.9. The maximum absolute atomic E-state index is 14.2. The first-order valence-electron chi connectivity index (χ1n) is 13.2. The SMILES string of the molecule is Cc1c(N2CCCC2)nc2ccc(Br)cc2c1C(=O)NCC(CCC(=O)OC(C)(C)C)c1cc(F)ccc1Cl. The Kier molecular flexibility index (Phi) is 9.17. The predicted octanol–water partition coefficient (Wildman–Crippen LogP) is 7.33. The van der Waals surface area contributed by atoms with E-state index in [1.165, 1.54) is 18.2 Å². The topological polar surface area (TPSA) is 71.5 Å². The van der Waals surface area contributed by atoms with Crippen molar-refractivity contribution < 1.29 is 18.7 Å². The molecule has 3 aromatic rings. The maximum Gasteiger partial charge on any atom is 0.306 e. The Hall–Kier alpha value is -2.71. The smallest absolute Gasteiger partial charge is 0.306 e. The van der Waals surface area contributed by atoms with Crippen LogP contribution >= 0.6 is 27.5 Å². The molecule has 1 saturated heterocycles. The summed E-state index contributed by atoms with van der Waals surface area (Å²) >= 11 is 9.97. The molecule has 0 radical (unpaired) electrons. The molecule has 1 N–H and O–H groups in total. The number of carbonyl (C=O) groups excluding carboxylic acids is 2. The van der Waals surface area contributed by atoms with Crippen LogP contribution in [0, 0.1) is 12.7 Å². The van der Waals surface area contributed by atoms with E-state index in [0.29, 0.717) is 22.6 Å². The second kappa shape index (κ2) is 12.2. The van der Waals surface area contributed by atoms with Gasteiger partial charge < -0.3 is 15.0 Å². The number of nitrogens with one attached hydrogen (secondary N) is 1. The number of benzene rings is 2. The van der Waals surface area contributed by atoms with E-state index < -0.39 is 17.3 Å². The molecule has 2 heterocycles. The highest BCUT2D eigenvalue weighted by Crippen LogP contribution is 2.33. The minimum atomic E-state index is -0.613. The Labute approximate surface area is 242 Å². The number of carbonyl (C=O) groups is 2. The van der Waals surface area contributed by atoms with Crippen molar-refractivity contribution >= 4 is 56.1 Å².